The quantitative estimate of drug-likeness (QED) is 0.307. The third-order valence-corrected chi connectivity index (χ3v) is 7.39. The highest BCUT2D eigenvalue weighted by atomic mass is 35.5. The van der Waals surface area contributed by atoms with Gasteiger partial charge in [0.1, 0.15) is 0 Å². The highest BCUT2D eigenvalue weighted by molar-refractivity contribution is 7.89. The number of benzene rings is 3. The van der Waals surface area contributed by atoms with E-state index in [0.717, 1.165) is 4.31 Å². The van der Waals surface area contributed by atoms with E-state index in [2.05, 4.69) is 10.5 Å². The van der Waals surface area contributed by atoms with Crippen LogP contribution >= 0.6 is 23.2 Å². The number of nitrogens with zero attached hydrogens (tertiary/aromatic N) is 2. The number of ether oxygens (including phenoxy) is 2. The number of hydrogen-bond acceptors (Lipinski definition) is 6. The Morgan fingerprint density at radius 2 is 1.69 bits per heavy atom. The Hall–Kier alpha value is -3.11. The number of carbonyl (C=O) groups is 1. The predicted octanol–water partition coefficient (Wildman–Crippen LogP) is 4.35. The van der Waals surface area contributed by atoms with Gasteiger partial charge in [-0.2, -0.15) is 9.41 Å². The summed E-state index contributed by atoms with van der Waals surface area (Å²) < 4.78 is 38.5. The number of sulfonamides is 1. The van der Waals surface area contributed by atoms with E-state index in [1.165, 1.54) is 38.6 Å². The maximum Gasteiger partial charge on any atom is 0.255 e. The van der Waals surface area contributed by atoms with Gasteiger partial charge in [-0.25, -0.2) is 13.8 Å². The van der Waals surface area contributed by atoms with E-state index in [1.807, 2.05) is 6.07 Å². The van der Waals surface area contributed by atoms with E-state index in [1.54, 1.807) is 42.5 Å². The van der Waals surface area contributed by atoms with Crippen LogP contribution in [0.1, 0.15) is 11.1 Å². The van der Waals surface area contributed by atoms with Crippen LogP contribution in [0.2, 0.25) is 10.0 Å². The van der Waals surface area contributed by atoms with Crippen molar-refractivity contribution < 1.29 is 22.7 Å². The van der Waals surface area contributed by atoms with E-state index < -0.39 is 22.5 Å². The van der Waals surface area contributed by atoms with Crippen molar-refractivity contribution in [1.82, 2.24) is 9.73 Å². The molecule has 8 nitrogen and oxygen atoms in total. The molecule has 184 valence electrons. The number of halogens is 2. The number of rotatable bonds is 10. The van der Waals surface area contributed by atoms with Crippen LogP contribution in [0.3, 0.4) is 0 Å². The van der Waals surface area contributed by atoms with Gasteiger partial charge in [0.25, 0.3) is 5.91 Å². The van der Waals surface area contributed by atoms with Crippen LogP contribution in [0, 0.1) is 0 Å². The molecule has 3 aromatic carbocycles. The van der Waals surface area contributed by atoms with Crippen LogP contribution in [0.15, 0.2) is 76.7 Å². The number of carbonyl (C=O) groups excluding carboxylic acids is 1. The number of amides is 1. The molecule has 35 heavy (non-hydrogen) atoms. The molecule has 0 aliphatic heterocycles. The maximum atomic E-state index is 13.5. The van der Waals surface area contributed by atoms with E-state index in [-0.39, 0.29) is 17.2 Å². The smallest absolute Gasteiger partial charge is 0.255 e. The number of nitrogens with one attached hydrogen (secondary N) is 1. The highest BCUT2D eigenvalue weighted by Crippen LogP contribution is 2.31. The average Bonchev–Trinajstić information content (AvgIpc) is 2.86. The van der Waals surface area contributed by atoms with E-state index >= 15 is 0 Å². The molecule has 0 atom stereocenters. The molecule has 0 aliphatic rings. The summed E-state index contributed by atoms with van der Waals surface area (Å²) in [7, 11) is -1.22. The Morgan fingerprint density at radius 3 is 2.34 bits per heavy atom. The van der Waals surface area contributed by atoms with Gasteiger partial charge in [-0.1, -0.05) is 59.6 Å². The van der Waals surface area contributed by atoms with Crippen molar-refractivity contribution in [2.45, 2.75) is 11.4 Å². The van der Waals surface area contributed by atoms with Gasteiger partial charge in [0.15, 0.2) is 11.5 Å². The summed E-state index contributed by atoms with van der Waals surface area (Å²) >= 11 is 11.9. The first kappa shape index (κ1) is 26.5. The van der Waals surface area contributed by atoms with Gasteiger partial charge in [0.05, 0.1) is 41.9 Å². The average molecular weight is 536 g/mol. The molecule has 0 fully saturated rings. The fourth-order valence-corrected chi connectivity index (χ4v) is 4.81. The zero-order chi connectivity index (χ0) is 25.4. The molecule has 11 heteroatoms. The van der Waals surface area contributed by atoms with Crippen LogP contribution in [0.25, 0.3) is 0 Å². The van der Waals surface area contributed by atoms with Crippen LogP contribution in [0.5, 0.6) is 11.5 Å². The summed E-state index contributed by atoms with van der Waals surface area (Å²) in [6.45, 7) is -0.494. The van der Waals surface area contributed by atoms with Crippen LogP contribution in [-0.4, -0.2) is 45.6 Å². The second-order valence-corrected chi connectivity index (χ2v) is 9.99. The molecule has 0 spiro atoms. The minimum Gasteiger partial charge on any atom is -0.493 e. The Kier molecular flexibility index (Phi) is 9.11. The standard InChI is InChI=1S/C24H23Cl2N3O5S/c1-33-22-11-9-19(13-23(22)34-2)35(31,32)29(15-17-6-4-3-5-7-17)16-24(30)28-27-14-18-8-10-20(25)21(26)12-18/h3-14H,15-16H2,1-2H3,(H,28,30). The molecular formula is C24H23Cl2N3O5S. The van der Waals surface area contributed by atoms with Gasteiger partial charge in [0, 0.05) is 12.6 Å². The third kappa shape index (κ3) is 6.95. The molecule has 0 heterocycles. The van der Waals surface area contributed by atoms with E-state index in [4.69, 9.17) is 32.7 Å². The molecule has 0 saturated heterocycles. The molecule has 0 aromatic heterocycles. The number of hydrazone groups is 1. The lowest BCUT2D eigenvalue weighted by Crippen LogP contribution is -2.39. The van der Waals surface area contributed by atoms with Gasteiger partial charge >= 0.3 is 0 Å². The Balaban J connectivity index is 1.83. The molecule has 1 amide bonds. The molecule has 3 aromatic rings. The molecule has 1 N–H and O–H groups in total. The highest BCUT2D eigenvalue weighted by Gasteiger charge is 2.28. The second-order valence-electron chi connectivity index (χ2n) is 7.24. The second kappa shape index (κ2) is 12.0. The molecule has 3 rings (SSSR count). The normalized spacial score (nSPS) is 11.6. The summed E-state index contributed by atoms with van der Waals surface area (Å²) in [5, 5.41) is 4.63. The topological polar surface area (TPSA) is 97.3 Å². The summed E-state index contributed by atoms with van der Waals surface area (Å²) in [4.78, 5) is 12.6. The lowest BCUT2D eigenvalue weighted by Gasteiger charge is -2.22. The van der Waals surface area contributed by atoms with Gasteiger partial charge in [-0.3, -0.25) is 4.79 Å². The van der Waals surface area contributed by atoms with Gasteiger partial charge in [-0.05, 0) is 35.4 Å². The molecule has 0 saturated carbocycles. The number of hydrogen-bond donors (Lipinski definition) is 1. The monoisotopic (exact) mass is 535 g/mol. The zero-order valence-corrected chi connectivity index (χ0v) is 21.3. The largest absolute Gasteiger partial charge is 0.493 e. The van der Waals surface area contributed by atoms with Crippen molar-refractivity contribution in [1.29, 1.82) is 0 Å². The van der Waals surface area contributed by atoms with Crippen molar-refractivity contribution in [2.75, 3.05) is 20.8 Å². The molecule has 0 bridgehead atoms. The summed E-state index contributed by atoms with van der Waals surface area (Å²) in [6.07, 6.45) is 1.38. The number of methoxy groups -OCH3 is 2. The lowest BCUT2D eigenvalue weighted by atomic mass is 10.2. The van der Waals surface area contributed by atoms with Crippen molar-refractivity contribution in [2.24, 2.45) is 5.10 Å². The minimum atomic E-state index is -4.09. The van der Waals surface area contributed by atoms with Crippen molar-refractivity contribution in [3.8, 4) is 11.5 Å². The van der Waals surface area contributed by atoms with Gasteiger partial charge < -0.3 is 9.47 Å². The van der Waals surface area contributed by atoms with Crippen LogP contribution in [0.4, 0.5) is 0 Å². The van der Waals surface area contributed by atoms with E-state index in [0.29, 0.717) is 26.9 Å². The van der Waals surface area contributed by atoms with Crippen LogP contribution < -0.4 is 14.9 Å². The molecule has 0 aliphatic carbocycles. The molecule has 0 radical (unpaired) electrons. The Labute approximate surface area is 214 Å². The zero-order valence-electron chi connectivity index (χ0n) is 18.9. The minimum absolute atomic E-state index is 0.0263. The molecular weight excluding hydrogens is 513 g/mol. The van der Waals surface area contributed by atoms with E-state index in [9.17, 15) is 13.2 Å². The first-order chi connectivity index (χ1) is 16.7. The lowest BCUT2D eigenvalue weighted by molar-refractivity contribution is -0.121. The van der Waals surface area contributed by atoms with Crippen molar-refractivity contribution >= 4 is 45.3 Å². The fraction of sp³-hybridized carbons (Fsp3) is 0.167. The van der Waals surface area contributed by atoms with Crippen LogP contribution in [-0.2, 0) is 21.4 Å². The van der Waals surface area contributed by atoms with Crippen molar-refractivity contribution in [3.05, 3.63) is 87.9 Å². The summed E-state index contributed by atoms with van der Waals surface area (Å²) in [5.74, 6) is 0.0145. The first-order valence-electron chi connectivity index (χ1n) is 10.3. The van der Waals surface area contributed by atoms with Gasteiger partial charge in [-0.15, -0.1) is 0 Å². The molecule has 0 unspecified atom stereocenters. The first-order valence-corrected chi connectivity index (χ1v) is 12.5. The SMILES string of the molecule is COc1ccc(S(=O)(=O)N(CC(=O)NN=Cc2ccc(Cl)c(Cl)c2)Cc2ccccc2)cc1OC. The summed E-state index contributed by atoms with van der Waals surface area (Å²) in [5.41, 5.74) is 3.67. The Morgan fingerprint density at radius 1 is 0.971 bits per heavy atom. The fourth-order valence-electron chi connectivity index (χ4n) is 3.11. The van der Waals surface area contributed by atoms with Crippen molar-refractivity contribution in [3.63, 3.8) is 0 Å². The summed E-state index contributed by atoms with van der Waals surface area (Å²) in [6, 6.07) is 18.1. The third-order valence-electron chi connectivity index (χ3n) is 4.86. The maximum absolute atomic E-state index is 13.5. The van der Waals surface area contributed by atoms with Gasteiger partial charge in [0.2, 0.25) is 10.0 Å². The predicted molar refractivity (Wildman–Crippen MR) is 136 cm³/mol. The Bertz CT molecular complexity index is 1320.